The van der Waals surface area contributed by atoms with E-state index >= 15 is 0 Å². The number of benzene rings is 2. The predicted molar refractivity (Wildman–Crippen MR) is 126 cm³/mol. The lowest BCUT2D eigenvalue weighted by Crippen LogP contribution is -2.35. The number of hydrogen-bond acceptors (Lipinski definition) is 5. The van der Waals surface area contributed by atoms with Crippen molar-refractivity contribution < 1.29 is 17.9 Å². The molecule has 1 heterocycles. The molecule has 1 aromatic heterocycles. The normalized spacial score (nSPS) is 14.2. The Hall–Kier alpha value is -2.25. The fourth-order valence-electron chi connectivity index (χ4n) is 3.72. The minimum absolute atomic E-state index is 0.151. The van der Waals surface area contributed by atoms with Crippen LogP contribution in [-0.2, 0) is 5.40 Å². The van der Waals surface area contributed by atoms with E-state index in [4.69, 9.17) is 30.0 Å². The fourth-order valence-corrected chi connectivity index (χ4v) is 3.72. The van der Waals surface area contributed by atoms with Gasteiger partial charge in [-0.1, -0.05) is 48.6 Å². The van der Waals surface area contributed by atoms with Gasteiger partial charge in [-0.3, -0.25) is 5.14 Å². The van der Waals surface area contributed by atoms with Crippen LogP contribution in [0.15, 0.2) is 47.1 Å². The molecule has 4 radical (unpaired) electrons. The van der Waals surface area contributed by atoms with Gasteiger partial charge in [0.2, 0.25) is 0 Å². The van der Waals surface area contributed by atoms with E-state index in [0.717, 1.165) is 31.2 Å². The van der Waals surface area contributed by atoms with Crippen molar-refractivity contribution in [1.29, 1.82) is 0 Å². The molecule has 32 heavy (non-hydrogen) atoms. The molecule has 2 N–H and O–H groups in total. The van der Waals surface area contributed by atoms with E-state index in [1.807, 2.05) is 13.2 Å². The molecule has 0 aliphatic heterocycles. The molecule has 4 rings (SSSR count). The molecule has 164 valence electrons. The number of oxazole rings is 1. The molecule has 0 unspecified atom stereocenters. The summed E-state index contributed by atoms with van der Waals surface area (Å²) in [4.78, 5) is 4.39. The largest absolute Gasteiger partial charge is 0.497 e. The number of rotatable bonds is 5. The van der Waals surface area contributed by atoms with Crippen molar-refractivity contribution in [2.45, 2.75) is 43.9 Å². The predicted octanol–water partition coefficient (Wildman–Crippen LogP) is 5.34. The number of halogens is 2. The van der Waals surface area contributed by atoms with E-state index in [0.29, 0.717) is 5.89 Å². The van der Waals surface area contributed by atoms with Crippen LogP contribution in [0.1, 0.15) is 48.7 Å². The number of aromatic nitrogens is 1. The second kappa shape index (κ2) is 10.6. The fraction of sp³-hybridized carbons (Fsp3) is 0.348. The zero-order valence-corrected chi connectivity index (χ0v) is 18.9. The molecule has 9 heteroatoms. The van der Waals surface area contributed by atoms with Crippen LogP contribution in [0.4, 0.5) is 8.78 Å². The lowest BCUT2D eigenvalue weighted by atomic mass is 9.63. The Labute approximate surface area is 194 Å². The lowest BCUT2D eigenvalue weighted by molar-refractivity contribution is 0.229. The summed E-state index contributed by atoms with van der Waals surface area (Å²) in [5.41, 5.74) is 1.38. The van der Waals surface area contributed by atoms with Crippen molar-refractivity contribution >= 4 is 27.6 Å². The van der Waals surface area contributed by atoms with Crippen molar-refractivity contribution in [2.24, 2.45) is 5.14 Å². The molecule has 0 bridgehead atoms. The maximum atomic E-state index is 14.7. The summed E-state index contributed by atoms with van der Waals surface area (Å²) in [5.74, 6) is -0.670. The number of ether oxygens (including phenoxy) is 1. The molecular formula is C23H24B2F2N2O2S. The summed E-state index contributed by atoms with van der Waals surface area (Å²) in [7, 11) is 12.3. The summed E-state index contributed by atoms with van der Waals surface area (Å²) in [5, 5.41) is 2.82. The summed E-state index contributed by atoms with van der Waals surface area (Å²) in [6, 6.07) is 8.80. The van der Waals surface area contributed by atoms with Crippen molar-refractivity contribution in [3.05, 3.63) is 71.4 Å². The Morgan fingerprint density at radius 2 is 1.81 bits per heavy atom. The van der Waals surface area contributed by atoms with Crippen molar-refractivity contribution in [1.82, 2.24) is 4.98 Å². The summed E-state index contributed by atoms with van der Waals surface area (Å²) in [6.45, 7) is 1.82. The van der Waals surface area contributed by atoms with Gasteiger partial charge in [0.05, 0.1) is 5.40 Å². The lowest BCUT2D eigenvalue weighted by Gasteiger charge is -2.27. The second-order valence-corrected chi connectivity index (χ2v) is 8.25. The SMILES string of the molecule is CSN.[B]C([B])(Oc1c(F)cccc1-c1cc(C)ccc1F)c1coc(C2CCCC2)n1. The summed E-state index contributed by atoms with van der Waals surface area (Å²) < 4.78 is 40.3. The summed E-state index contributed by atoms with van der Waals surface area (Å²) >= 11 is 1.25. The number of nitrogens with zero attached hydrogens (tertiary/aromatic N) is 1. The number of hydrogen-bond donors (Lipinski definition) is 1. The molecule has 0 saturated heterocycles. The van der Waals surface area contributed by atoms with Crippen LogP contribution in [0.5, 0.6) is 5.75 Å². The van der Waals surface area contributed by atoms with Crippen molar-refractivity contribution in [3.8, 4) is 16.9 Å². The topological polar surface area (TPSA) is 61.3 Å². The minimum Gasteiger partial charge on any atom is -0.497 e. The van der Waals surface area contributed by atoms with Gasteiger partial charge in [0.1, 0.15) is 33.5 Å². The molecule has 1 saturated carbocycles. The van der Waals surface area contributed by atoms with Crippen LogP contribution >= 0.6 is 11.9 Å². The van der Waals surface area contributed by atoms with Gasteiger partial charge in [-0.15, -0.1) is 0 Å². The highest BCUT2D eigenvalue weighted by Gasteiger charge is 2.31. The first kappa shape index (κ1) is 24.4. The Bertz CT molecular complexity index is 1060. The van der Waals surface area contributed by atoms with E-state index in [9.17, 15) is 8.78 Å². The van der Waals surface area contributed by atoms with Gasteiger partial charge >= 0.3 is 0 Å². The number of nitrogens with two attached hydrogens (primary N) is 1. The minimum atomic E-state index is -1.95. The highest BCUT2D eigenvalue weighted by atomic mass is 32.2. The third kappa shape index (κ3) is 5.56. The summed E-state index contributed by atoms with van der Waals surface area (Å²) in [6.07, 6.45) is 7.38. The van der Waals surface area contributed by atoms with E-state index in [2.05, 4.69) is 4.98 Å². The molecule has 1 fully saturated rings. The zero-order valence-electron chi connectivity index (χ0n) is 18.1. The first-order chi connectivity index (χ1) is 15.3. The van der Waals surface area contributed by atoms with Crippen LogP contribution in [0, 0.1) is 18.6 Å². The average Bonchev–Trinajstić information content (AvgIpc) is 3.44. The molecular weight excluding hydrogens is 428 g/mol. The van der Waals surface area contributed by atoms with Crippen molar-refractivity contribution in [2.75, 3.05) is 6.26 Å². The molecule has 0 amide bonds. The molecule has 4 nitrogen and oxygen atoms in total. The molecule has 0 spiro atoms. The van der Waals surface area contributed by atoms with E-state index in [-0.39, 0.29) is 28.5 Å². The first-order valence-electron chi connectivity index (χ1n) is 10.3. The third-order valence-electron chi connectivity index (χ3n) is 5.28. The van der Waals surface area contributed by atoms with Crippen LogP contribution in [0.3, 0.4) is 0 Å². The van der Waals surface area contributed by atoms with E-state index < -0.39 is 17.0 Å². The molecule has 0 atom stereocenters. The Balaban J connectivity index is 0.000000913. The maximum absolute atomic E-state index is 14.7. The standard InChI is InChI=1S/C22H19B2F2NO2.CH5NS/c1-13-9-10-17(25)16(11-13)15-7-4-8-18(26)20(15)29-22(23,24)19-12-28-21(27-19)14-5-2-3-6-14;1-3-2/h4,7-12,14H,2-3,5-6H2,1H3;2H2,1H3. The maximum Gasteiger partial charge on any atom is 0.197 e. The molecule has 1 aliphatic rings. The Morgan fingerprint density at radius 1 is 1.12 bits per heavy atom. The van der Waals surface area contributed by atoms with Gasteiger partial charge < -0.3 is 9.15 Å². The van der Waals surface area contributed by atoms with E-state index in [1.165, 1.54) is 36.4 Å². The average molecular weight is 452 g/mol. The van der Waals surface area contributed by atoms with Gasteiger partial charge in [-0.25, -0.2) is 13.8 Å². The van der Waals surface area contributed by atoms with Gasteiger partial charge in [0, 0.05) is 17.0 Å². The Morgan fingerprint density at radius 3 is 2.50 bits per heavy atom. The highest BCUT2D eigenvalue weighted by molar-refractivity contribution is 7.96. The molecule has 3 aromatic rings. The quantitative estimate of drug-likeness (QED) is 0.419. The van der Waals surface area contributed by atoms with Gasteiger partial charge in [-0.05, 0) is 44.2 Å². The Kier molecular flexibility index (Phi) is 8.06. The van der Waals surface area contributed by atoms with E-state index in [1.54, 1.807) is 18.2 Å². The first-order valence-corrected chi connectivity index (χ1v) is 11.6. The number of para-hydroxylation sites is 1. The van der Waals surface area contributed by atoms with Crippen LogP contribution in [0.25, 0.3) is 11.1 Å². The van der Waals surface area contributed by atoms with Gasteiger partial charge in [-0.2, -0.15) is 0 Å². The van der Waals surface area contributed by atoms with Gasteiger partial charge in [0.25, 0.3) is 0 Å². The van der Waals surface area contributed by atoms with Crippen molar-refractivity contribution in [3.63, 3.8) is 0 Å². The second-order valence-electron chi connectivity index (χ2n) is 7.78. The smallest absolute Gasteiger partial charge is 0.197 e. The van der Waals surface area contributed by atoms with Gasteiger partial charge in [0.15, 0.2) is 17.5 Å². The monoisotopic (exact) mass is 452 g/mol. The van der Waals surface area contributed by atoms with Crippen LogP contribution < -0.4 is 9.88 Å². The number of aryl methyl sites for hydroxylation is 1. The highest BCUT2D eigenvalue weighted by Crippen LogP contribution is 2.38. The zero-order chi connectivity index (χ0) is 23.3. The molecule has 2 aromatic carbocycles. The third-order valence-corrected chi connectivity index (χ3v) is 5.28. The van der Waals surface area contributed by atoms with Crippen LogP contribution in [0.2, 0.25) is 0 Å². The molecule has 1 aliphatic carbocycles. The van der Waals surface area contributed by atoms with Crippen LogP contribution in [-0.4, -0.2) is 26.9 Å².